The van der Waals surface area contributed by atoms with E-state index in [1.807, 2.05) is 37.1 Å². The third-order valence-corrected chi connectivity index (χ3v) is 5.07. The van der Waals surface area contributed by atoms with Gasteiger partial charge in [-0.15, -0.1) is 0 Å². The minimum Gasteiger partial charge on any atom is -0.378 e. The van der Waals surface area contributed by atoms with E-state index >= 15 is 0 Å². The van der Waals surface area contributed by atoms with Gasteiger partial charge in [-0.1, -0.05) is 12.1 Å². The van der Waals surface area contributed by atoms with Crippen molar-refractivity contribution in [3.05, 3.63) is 73.6 Å². The Bertz CT molecular complexity index is 1070. The van der Waals surface area contributed by atoms with Gasteiger partial charge >= 0.3 is 0 Å². The molecule has 3 aromatic heterocycles. The number of anilines is 1. The van der Waals surface area contributed by atoms with Crippen molar-refractivity contribution in [1.29, 1.82) is 0 Å². The number of hydrogen-bond acceptors (Lipinski definition) is 4. The van der Waals surface area contributed by atoms with Crippen LogP contribution in [0.4, 0.5) is 5.69 Å². The fourth-order valence-electron chi connectivity index (χ4n) is 3.66. The number of fused-ring (bicyclic) bond motifs is 1. The first-order valence-electron chi connectivity index (χ1n) is 9.18. The summed E-state index contributed by atoms with van der Waals surface area (Å²) in [6, 6.07) is 15.0. The molecule has 1 aliphatic heterocycles. The summed E-state index contributed by atoms with van der Waals surface area (Å²) in [6.45, 7) is 3.45. The Morgan fingerprint density at radius 2 is 1.70 bits per heavy atom. The molecule has 0 bridgehead atoms. The third-order valence-electron chi connectivity index (χ3n) is 5.07. The molecule has 5 nitrogen and oxygen atoms in total. The summed E-state index contributed by atoms with van der Waals surface area (Å²) in [4.78, 5) is 10.9. The van der Waals surface area contributed by atoms with Gasteiger partial charge in [-0.3, -0.25) is 4.98 Å². The molecule has 4 aromatic rings. The standard InChI is InChI=1S/C22H20N4O/c1-2-18(12-20(3-1)25-8-10-27-11-9-25)19-13-21(17-4-6-23-7-5-17)22-14-24-16-26(22)15-19/h1-7,12-16H,8-11H2. The monoisotopic (exact) mass is 356 g/mol. The molecule has 1 fully saturated rings. The molecule has 1 aliphatic rings. The van der Waals surface area contributed by atoms with Gasteiger partial charge in [0.15, 0.2) is 0 Å². The van der Waals surface area contributed by atoms with Crippen LogP contribution in [0.5, 0.6) is 0 Å². The second kappa shape index (κ2) is 6.85. The highest BCUT2D eigenvalue weighted by atomic mass is 16.5. The number of morpholine rings is 1. The van der Waals surface area contributed by atoms with Gasteiger partial charge in [0.25, 0.3) is 0 Å². The lowest BCUT2D eigenvalue weighted by molar-refractivity contribution is 0.122. The number of nitrogens with zero attached hydrogens (tertiary/aromatic N) is 4. The molecular formula is C22H20N4O. The van der Waals surface area contributed by atoms with Gasteiger partial charge in [-0.25, -0.2) is 4.98 Å². The zero-order valence-corrected chi connectivity index (χ0v) is 15.0. The molecule has 27 heavy (non-hydrogen) atoms. The van der Waals surface area contributed by atoms with E-state index in [4.69, 9.17) is 4.74 Å². The minimum atomic E-state index is 0.789. The molecule has 0 atom stereocenters. The van der Waals surface area contributed by atoms with E-state index in [2.05, 4.69) is 55.8 Å². The van der Waals surface area contributed by atoms with Crippen molar-refractivity contribution in [2.45, 2.75) is 0 Å². The molecule has 5 rings (SSSR count). The number of aromatic nitrogens is 3. The van der Waals surface area contributed by atoms with E-state index < -0.39 is 0 Å². The summed E-state index contributed by atoms with van der Waals surface area (Å²) in [5, 5.41) is 0. The van der Waals surface area contributed by atoms with E-state index in [0.29, 0.717) is 0 Å². The summed E-state index contributed by atoms with van der Waals surface area (Å²) in [5.74, 6) is 0. The maximum Gasteiger partial charge on any atom is 0.0992 e. The minimum absolute atomic E-state index is 0.789. The Hall–Kier alpha value is -3.18. The van der Waals surface area contributed by atoms with E-state index in [-0.39, 0.29) is 0 Å². The molecule has 0 amide bonds. The largest absolute Gasteiger partial charge is 0.378 e. The topological polar surface area (TPSA) is 42.7 Å². The number of rotatable bonds is 3. The van der Waals surface area contributed by atoms with Crippen LogP contribution in [0.15, 0.2) is 73.6 Å². The zero-order chi connectivity index (χ0) is 18.1. The van der Waals surface area contributed by atoms with Crippen molar-refractivity contribution >= 4 is 11.2 Å². The normalized spacial score (nSPS) is 14.6. The molecule has 4 heterocycles. The van der Waals surface area contributed by atoms with Crippen LogP contribution in [0.3, 0.4) is 0 Å². The van der Waals surface area contributed by atoms with Gasteiger partial charge in [0.05, 0.1) is 31.3 Å². The average Bonchev–Trinajstić information content (AvgIpc) is 3.23. The van der Waals surface area contributed by atoms with Crippen LogP contribution in [0.2, 0.25) is 0 Å². The Labute approximate surface area is 157 Å². The number of benzene rings is 1. The summed E-state index contributed by atoms with van der Waals surface area (Å²) < 4.78 is 7.57. The summed E-state index contributed by atoms with van der Waals surface area (Å²) in [6.07, 6.45) is 9.56. The van der Waals surface area contributed by atoms with Crippen LogP contribution in [-0.2, 0) is 4.74 Å². The average molecular weight is 356 g/mol. The van der Waals surface area contributed by atoms with Gasteiger partial charge < -0.3 is 14.0 Å². The second-order valence-corrected chi connectivity index (χ2v) is 6.71. The van der Waals surface area contributed by atoms with E-state index in [9.17, 15) is 0 Å². The number of pyridine rings is 2. The molecule has 0 saturated carbocycles. The van der Waals surface area contributed by atoms with Gasteiger partial charge in [0, 0.05) is 42.9 Å². The van der Waals surface area contributed by atoms with Crippen molar-refractivity contribution in [2.75, 3.05) is 31.2 Å². The molecule has 1 saturated heterocycles. The molecule has 1 aromatic carbocycles. The van der Waals surface area contributed by atoms with Crippen molar-refractivity contribution < 1.29 is 4.74 Å². The molecule has 134 valence electrons. The molecular weight excluding hydrogens is 336 g/mol. The summed E-state index contributed by atoms with van der Waals surface area (Å²) >= 11 is 0. The first-order valence-corrected chi connectivity index (χ1v) is 9.18. The van der Waals surface area contributed by atoms with Crippen LogP contribution < -0.4 is 4.90 Å². The van der Waals surface area contributed by atoms with Gasteiger partial charge in [-0.05, 0) is 47.0 Å². The third kappa shape index (κ3) is 3.06. The van der Waals surface area contributed by atoms with Gasteiger partial charge in [0.1, 0.15) is 0 Å². The molecule has 0 radical (unpaired) electrons. The molecule has 0 N–H and O–H groups in total. The predicted molar refractivity (Wildman–Crippen MR) is 107 cm³/mol. The number of imidazole rings is 1. The van der Waals surface area contributed by atoms with Crippen molar-refractivity contribution in [1.82, 2.24) is 14.4 Å². The van der Waals surface area contributed by atoms with E-state index in [1.54, 1.807) is 0 Å². The Balaban J connectivity index is 1.61. The second-order valence-electron chi connectivity index (χ2n) is 6.71. The predicted octanol–water partition coefficient (Wildman–Crippen LogP) is 3.90. The van der Waals surface area contributed by atoms with Crippen molar-refractivity contribution in [2.24, 2.45) is 0 Å². The van der Waals surface area contributed by atoms with E-state index in [0.717, 1.165) is 42.9 Å². The fraction of sp³-hybridized carbons (Fsp3) is 0.182. The Morgan fingerprint density at radius 1 is 0.852 bits per heavy atom. The van der Waals surface area contributed by atoms with Gasteiger partial charge in [0.2, 0.25) is 0 Å². The summed E-state index contributed by atoms with van der Waals surface area (Å²) in [5.41, 5.74) is 7.00. The Kier molecular flexibility index (Phi) is 4.07. The maximum atomic E-state index is 5.48. The molecule has 0 spiro atoms. The van der Waals surface area contributed by atoms with Crippen LogP contribution in [0.1, 0.15) is 0 Å². The highest BCUT2D eigenvalue weighted by Crippen LogP contribution is 2.31. The van der Waals surface area contributed by atoms with Gasteiger partial charge in [-0.2, -0.15) is 0 Å². The van der Waals surface area contributed by atoms with Crippen LogP contribution in [0.25, 0.3) is 27.8 Å². The number of hydrogen-bond donors (Lipinski definition) is 0. The fourth-order valence-corrected chi connectivity index (χ4v) is 3.66. The number of ether oxygens (including phenoxy) is 1. The lowest BCUT2D eigenvalue weighted by Crippen LogP contribution is -2.36. The molecule has 0 aliphatic carbocycles. The molecule has 0 unspecified atom stereocenters. The van der Waals surface area contributed by atoms with Crippen molar-refractivity contribution in [3.8, 4) is 22.3 Å². The zero-order valence-electron chi connectivity index (χ0n) is 15.0. The highest BCUT2D eigenvalue weighted by Gasteiger charge is 2.13. The van der Waals surface area contributed by atoms with Crippen LogP contribution in [0, 0.1) is 0 Å². The van der Waals surface area contributed by atoms with E-state index in [1.165, 1.54) is 16.8 Å². The maximum absolute atomic E-state index is 5.48. The SMILES string of the molecule is c1cc(-c2cc(-c3ccncc3)c3cncn3c2)cc(N2CCOCC2)c1. The lowest BCUT2D eigenvalue weighted by atomic mass is 10.0. The summed E-state index contributed by atoms with van der Waals surface area (Å²) in [7, 11) is 0. The van der Waals surface area contributed by atoms with Crippen LogP contribution in [-0.4, -0.2) is 40.7 Å². The first kappa shape index (κ1) is 16.0. The van der Waals surface area contributed by atoms with Crippen molar-refractivity contribution in [3.63, 3.8) is 0 Å². The quantitative estimate of drug-likeness (QED) is 0.558. The molecule has 5 heteroatoms. The lowest BCUT2D eigenvalue weighted by Gasteiger charge is -2.29. The first-order chi connectivity index (χ1) is 13.4. The Morgan fingerprint density at radius 3 is 2.56 bits per heavy atom. The smallest absolute Gasteiger partial charge is 0.0992 e. The van der Waals surface area contributed by atoms with Crippen LogP contribution >= 0.6 is 0 Å². The highest BCUT2D eigenvalue weighted by molar-refractivity contribution is 5.84.